The molecule has 17 heavy (non-hydrogen) atoms. The number of oxazole rings is 1. The number of rotatable bonds is 1. The van der Waals surface area contributed by atoms with Gasteiger partial charge in [0, 0.05) is 23.5 Å². The third-order valence-electron chi connectivity index (χ3n) is 2.72. The molecule has 6 heteroatoms. The number of aromatic nitrogens is 1. The van der Waals surface area contributed by atoms with Gasteiger partial charge in [-0.15, -0.1) is 0 Å². The Kier molecular flexibility index (Phi) is 2.41. The van der Waals surface area contributed by atoms with Gasteiger partial charge >= 0.3 is 6.01 Å². The molecule has 1 atom stereocenters. The van der Waals surface area contributed by atoms with Gasteiger partial charge in [-0.05, 0) is 18.2 Å². The van der Waals surface area contributed by atoms with Crippen molar-refractivity contribution in [2.24, 2.45) is 5.73 Å². The minimum atomic E-state index is -0.135. The molecule has 1 aliphatic rings. The predicted molar refractivity (Wildman–Crippen MR) is 66.7 cm³/mol. The zero-order chi connectivity index (χ0) is 12.0. The van der Waals surface area contributed by atoms with Gasteiger partial charge in [-0.25, -0.2) is 0 Å². The number of fused-ring (bicyclic) bond motifs is 1. The molecule has 1 aliphatic heterocycles. The minimum Gasteiger partial charge on any atom is -0.423 e. The molecule has 1 unspecified atom stereocenters. The lowest BCUT2D eigenvalue weighted by atomic mass is 10.3. The van der Waals surface area contributed by atoms with Crippen molar-refractivity contribution < 1.29 is 9.21 Å². The summed E-state index contributed by atoms with van der Waals surface area (Å²) in [6.45, 7) is 0.465. The van der Waals surface area contributed by atoms with Gasteiger partial charge in [0.05, 0.1) is 0 Å². The average molecular weight is 296 g/mol. The van der Waals surface area contributed by atoms with Crippen LogP contribution in [0.15, 0.2) is 27.1 Å². The summed E-state index contributed by atoms with van der Waals surface area (Å²) >= 11 is 3.36. The summed E-state index contributed by atoms with van der Waals surface area (Å²) in [6.07, 6.45) is 0.350. The van der Waals surface area contributed by atoms with Crippen molar-refractivity contribution in [3.63, 3.8) is 0 Å². The molecule has 1 fully saturated rings. The SMILES string of the molecule is NC1CC(=O)N(c2nc3cc(Br)ccc3o2)C1. The van der Waals surface area contributed by atoms with Crippen LogP contribution >= 0.6 is 15.9 Å². The van der Waals surface area contributed by atoms with Gasteiger partial charge in [0.15, 0.2) is 5.58 Å². The van der Waals surface area contributed by atoms with Gasteiger partial charge in [-0.3, -0.25) is 9.69 Å². The zero-order valence-corrected chi connectivity index (χ0v) is 10.5. The summed E-state index contributed by atoms with van der Waals surface area (Å²) in [7, 11) is 0. The van der Waals surface area contributed by atoms with Crippen LogP contribution in [0.3, 0.4) is 0 Å². The molecule has 1 aromatic carbocycles. The van der Waals surface area contributed by atoms with Crippen LogP contribution in [-0.4, -0.2) is 23.5 Å². The number of amides is 1. The van der Waals surface area contributed by atoms with Crippen molar-refractivity contribution in [3.8, 4) is 0 Å². The molecule has 1 amide bonds. The second kappa shape index (κ2) is 3.82. The maximum Gasteiger partial charge on any atom is 0.305 e. The third-order valence-corrected chi connectivity index (χ3v) is 3.22. The van der Waals surface area contributed by atoms with E-state index < -0.39 is 0 Å². The number of carbonyl (C=O) groups is 1. The lowest BCUT2D eigenvalue weighted by molar-refractivity contribution is -0.117. The highest BCUT2D eigenvalue weighted by molar-refractivity contribution is 9.10. The highest BCUT2D eigenvalue weighted by atomic mass is 79.9. The van der Waals surface area contributed by atoms with Crippen LogP contribution in [0, 0.1) is 0 Å². The lowest BCUT2D eigenvalue weighted by Crippen LogP contribution is -2.28. The van der Waals surface area contributed by atoms with E-state index in [9.17, 15) is 4.79 Å². The van der Waals surface area contributed by atoms with Crippen molar-refractivity contribution in [2.75, 3.05) is 11.4 Å². The number of benzene rings is 1. The van der Waals surface area contributed by atoms with E-state index >= 15 is 0 Å². The minimum absolute atomic E-state index is 0.0388. The fourth-order valence-electron chi connectivity index (χ4n) is 1.92. The van der Waals surface area contributed by atoms with Gasteiger partial charge in [0.2, 0.25) is 5.91 Å². The zero-order valence-electron chi connectivity index (χ0n) is 8.89. The second-order valence-corrected chi connectivity index (χ2v) is 4.99. The first kappa shape index (κ1) is 10.7. The van der Waals surface area contributed by atoms with Gasteiger partial charge < -0.3 is 10.2 Å². The Morgan fingerprint density at radius 2 is 2.35 bits per heavy atom. The summed E-state index contributed by atoms with van der Waals surface area (Å²) < 4.78 is 6.47. The van der Waals surface area contributed by atoms with Crippen molar-refractivity contribution >= 4 is 39.0 Å². The molecular weight excluding hydrogens is 286 g/mol. The standard InChI is InChI=1S/C11H10BrN3O2/c12-6-1-2-9-8(3-6)14-11(17-9)15-5-7(13)4-10(15)16/h1-3,7H,4-5,13H2. The maximum absolute atomic E-state index is 11.7. The Morgan fingerprint density at radius 1 is 1.53 bits per heavy atom. The predicted octanol–water partition coefficient (Wildman–Crippen LogP) is 1.65. The van der Waals surface area contributed by atoms with E-state index in [1.165, 1.54) is 4.90 Å². The molecule has 0 aliphatic carbocycles. The lowest BCUT2D eigenvalue weighted by Gasteiger charge is -2.09. The van der Waals surface area contributed by atoms with E-state index in [4.69, 9.17) is 10.2 Å². The number of halogens is 1. The molecule has 2 N–H and O–H groups in total. The molecule has 2 heterocycles. The van der Waals surface area contributed by atoms with Crippen LogP contribution in [0.25, 0.3) is 11.1 Å². The van der Waals surface area contributed by atoms with Crippen LogP contribution < -0.4 is 10.6 Å². The Bertz CT molecular complexity index is 595. The van der Waals surface area contributed by atoms with Crippen molar-refractivity contribution in [1.82, 2.24) is 4.98 Å². The molecule has 2 aromatic rings. The van der Waals surface area contributed by atoms with Crippen LogP contribution in [0.1, 0.15) is 6.42 Å². The Hall–Kier alpha value is -1.40. The molecule has 0 radical (unpaired) electrons. The monoisotopic (exact) mass is 295 g/mol. The maximum atomic E-state index is 11.7. The molecule has 1 saturated heterocycles. The molecule has 3 rings (SSSR count). The number of hydrogen-bond donors (Lipinski definition) is 1. The quantitative estimate of drug-likeness (QED) is 0.868. The van der Waals surface area contributed by atoms with Gasteiger partial charge in [0.25, 0.3) is 0 Å². The molecule has 0 saturated carbocycles. The van der Waals surface area contributed by atoms with E-state index in [0.717, 1.165) is 9.99 Å². The van der Waals surface area contributed by atoms with Gasteiger partial charge in [-0.1, -0.05) is 15.9 Å². The summed E-state index contributed by atoms with van der Waals surface area (Å²) in [5, 5.41) is 0. The molecule has 0 bridgehead atoms. The summed E-state index contributed by atoms with van der Waals surface area (Å²) in [4.78, 5) is 17.5. The van der Waals surface area contributed by atoms with Crippen LogP contribution in [-0.2, 0) is 4.79 Å². The first-order valence-electron chi connectivity index (χ1n) is 5.25. The van der Waals surface area contributed by atoms with Crippen LogP contribution in [0.5, 0.6) is 0 Å². The number of nitrogens with two attached hydrogens (primary N) is 1. The highest BCUT2D eigenvalue weighted by Gasteiger charge is 2.31. The molecule has 5 nitrogen and oxygen atoms in total. The molecular formula is C11H10BrN3O2. The Balaban J connectivity index is 2.03. The number of hydrogen-bond acceptors (Lipinski definition) is 4. The van der Waals surface area contributed by atoms with Crippen LogP contribution in [0.2, 0.25) is 0 Å². The topological polar surface area (TPSA) is 72.4 Å². The van der Waals surface area contributed by atoms with E-state index in [1.54, 1.807) is 0 Å². The van der Waals surface area contributed by atoms with Gasteiger partial charge in [-0.2, -0.15) is 4.98 Å². The average Bonchev–Trinajstić information content (AvgIpc) is 2.80. The largest absolute Gasteiger partial charge is 0.423 e. The number of nitrogens with zero attached hydrogens (tertiary/aromatic N) is 2. The van der Waals surface area contributed by atoms with E-state index in [1.807, 2.05) is 18.2 Å². The van der Waals surface area contributed by atoms with E-state index in [2.05, 4.69) is 20.9 Å². The fourth-order valence-corrected chi connectivity index (χ4v) is 2.27. The fraction of sp³-hybridized carbons (Fsp3) is 0.273. The van der Waals surface area contributed by atoms with E-state index in [0.29, 0.717) is 24.6 Å². The first-order chi connectivity index (χ1) is 8.13. The Labute approximate surface area is 106 Å². The van der Waals surface area contributed by atoms with Crippen molar-refractivity contribution in [2.45, 2.75) is 12.5 Å². The van der Waals surface area contributed by atoms with Crippen molar-refractivity contribution in [3.05, 3.63) is 22.7 Å². The second-order valence-electron chi connectivity index (χ2n) is 4.08. The smallest absolute Gasteiger partial charge is 0.305 e. The van der Waals surface area contributed by atoms with Gasteiger partial charge in [0.1, 0.15) is 5.52 Å². The number of carbonyl (C=O) groups excluding carboxylic acids is 1. The third kappa shape index (κ3) is 1.83. The highest BCUT2D eigenvalue weighted by Crippen LogP contribution is 2.27. The Morgan fingerprint density at radius 3 is 3.06 bits per heavy atom. The molecule has 88 valence electrons. The van der Waals surface area contributed by atoms with Crippen LogP contribution in [0.4, 0.5) is 6.01 Å². The van der Waals surface area contributed by atoms with E-state index in [-0.39, 0.29) is 11.9 Å². The summed E-state index contributed by atoms with van der Waals surface area (Å²) in [6, 6.07) is 5.73. The number of anilines is 1. The molecule has 0 spiro atoms. The molecule has 1 aromatic heterocycles. The normalized spacial score (nSPS) is 20.5. The summed E-state index contributed by atoms with van der Waals surface area (Å²) in [5.41, 5.74) is 7.12. The van der Waals surface area contributed by atoms with Crippen molar-refractivity contribution in [1.29, 1.82) is 0 Å². The summed E-state index contributed by atoms with van der Waals surface area (Å²) in [5.74, 6) is -0.0388. The first-order valence-corrected chi connectivity index (χ1v) is 6.05.